The van der Waals surface area contributed by atoms with Crippen LogP contribution in [0.25, 0.3) is 0 Å². The summed E-state index contributed by atoms with van der Waals surface area (Å²) < 4.78 is 8.70. The Morgan fingerprint density at radius 3 is 1.12 bits per heavy atom. The molecule has 0 bridgehead atoms. The van der Waals surface area contributed by atoms with E-state index in [0.717, 1.165) is 6.08 Å². The van der Waals surface area contributed by atoms with E-state index in [1.165, 1.54) is 0 Å². The van der Waals surface area contributed by atoms with Crippen molar-refractivity contribution in [2.75, 3.05) is 0 Å². The van der Waals surface area contributed by atoms with Crippen LogP contribution in [-0.2, 0) is 18.9 Å². The van der Waals surface area contributed by atoms with Gasteiger partial charge in [0.15, 0.2) is 0 Å². The molecule has 10 heteroatoms. The van der Waals surface area contributed by atoms with Gasteiger partial charge in [0, 0.05) is 22.8 Å². The standard InChI is InChI=1S/C4H4O4.C3H4O2.HO3P/c5-3(6)1-2-4(7)8;1-2-3(4)5;1-4(2)3/h1-2H,(H,5,6)(H,7,8);2H,1H2,(H,4,5);(H-,1,2,3)/p+1. The van der Waals surface area contributed by atoms with Crippen molar-refractivity contribution in [3.8, 4) is 0 Å². The van der Waals surface area contributed by atoms with E-state index >= 15 is 0 Å². The third-order valence-electron chi connectivity index (χ3n) is 0.543. The van der Waals surface area contributed by atoms with Crippen molar-refractivity contribution < 1.29 is 44.1 Å². The summed E-state index contributed by atoms with van der Waals surface area (Å²) in [6.07, 6.45) is 1.95. The molecular formula is C7H10O9P+. The third-order valence-corrected chi connectivity index (χ3v) is 0.543. The van der Waals surface area contributed by atoms with E-state index in [2.05, 4.69) is 6.58 Å². The van der Waals surface area contributed by atoms with Gasteiger partial charge < -0.3 is 15.3 Å². The molecule has 0 amide bonds. The fraction of sp³-hybridized carbons (Fsp3) is 0. The van der Waals surface area contributed by atoms with Crippen LogP contribution in [0.2, 0.25) is 0 Å². The molecule has 17 heavy (non-hydrogen) atoms. The number of carbonyl (C=O) groups is 3. The van der Waals surface area contributed by atoms with E-state index in [4.69, 9.17) is 29.7 Å². The van der Waals surface area contributed by atoms with Gasteiger partial charge in [0.2, 0.25) is 0 Å². The predicted octanol–water partition coefficient (Wildman–Crippen LogP) is -0.403. The van der Waals surface area contributed by atoms with Gasteiger partial charge in [-0.05, 0) is 0 Å². The molecule has 0 heterocycles. The van der Waals surface area contributed by atoms with Crippen LogP contribution in [-0.4, -0.2) is 43.0 Å². The lowest BCUT2D eigenvalue weighted by atomic mass is 10.5. The summed E-state index contributed by atoms with van der Waals surface area (Å²) in [6.45, 7) is 2.96. The fourth-order valence-electron chi connectivity index (χ4n) is 0.143. The van der Waals surface area contributed by atoms with Crippen LogP contribution in [0, 0.1) is 0 Å². The molecule has 0 aliphatic heterocycles. The van der Waals surface area contributed by atoms with Gasteiger partial charge in [-0.1, -0.05) is 6.58 Å². The highest BCUT2D eigenvalue weighted by molar-refractivity contribution is 7.30. The first-order chi connectivity index (χ1) is 7.63. The molecule has 5 N–H and O–H groups in total. The zero-order valence-electron chi connectivity index (χ0n) is 8.26. The lowest BCUT2D eigenvalue weighted by Crippen LogP contribution is -1.91. The second-order valence-corrected chi connectivity index (χ2v) is 2.31. The van der Waals surface area contributed by atoms with Crippen molar-refractivity contribution in [2.24, 2.45) is 0 Å². The molecule has 0 unspecified atom stereocenters. The topological polar surface area (TPSA) is 169 Å². The first-order valence-electron chi connectivity index (χ1n) is 3.47. The molecule has 0 aliphatic carbocycles. The number of rotatable bonds is 3. The minimum absolute atomic E-state index is 0.558. The van der Waals surface area contributed by atoms with Crippen molar-refractivity contribution in [3.63, 3.8) is 0 Å². The monoisotopic (exact) mass is 269 g/mol. The molecule has 0 aromatic carbocycles. The number of hydrogen-bond donors (Lipinski definition) is 5. The van der Waals surface area contributed by atoms with Gasteiger partial charge >= 0.3 is 26.2 Å². The Morgan fingerprint density at radius 2 is 1.06 bits per heavy atom. The van der Waals surface area contributed by atoms with Crippen LogP contribution in [0.15, 0.2) is 24.8 Å². The highest BCUT2D eigenvalue weighted by Gasteiger charge is 1.93. The SMILES string of the molecule is C=CC(=O)O.O=C(O)C=CC(=O)O.O=[P+](O)O. The van der Waals surface area contributed by atoms with E-state index in [0.29, 0.717) is 12.2 Å². The predicted molar refractivity (Wildman–Crippen MR) is 54.3 cm³/mol. The van der Waals surface area contributed by atoms with E-state index < -0.39 is 26.2 Å². The van der Waals surface area contributed by atoms with Crippen molar-refractivity contribution in [2.45, 2.75) is 0 Å². The van der Waals surface area contributed by atoms with Crippen molar-refractivity contribution in [1.82, 2.24) is 0 Å². The third kappa shape index (κ3) is 81.8. The maximum Gasteiger partial charge on any atom is 0.692 e. The van der Waals surface area contributed by atoms with Crippen molar-refractivity contribution in [1.29, 1.82) is 0 Å². The van der Waals surface area contributed by atoms with Crippen LogP contribution in [0.5, 0.6) is 0 Å². The molecular weight excluding hydrogens is 259 g/mol. The summed E-state index contributed by atoms with van der Waals surface area (Å²) in [5.41, 5.74) is 0. The van der Waals surface area contributed by atoms with Crippen LogP contribution in [0.3, 0.4) is 0 Å². The molecule has 0 atom stereocenters. The molecule has 0 rings (SSSR count). The highest BCUT2D eigenvalue weighted by atomic mass is 31.1. The lowest BCUT2D eigenvalue weighted by Gasteiger charge is -1.74. The molecule has 0 saturated heterocycles. The van der Waals surface area contributed by atoms with Crippen molar-refractivity contribution >= 4 is 26.2 Å². The van der Waals surface area contributed by atoms with Gasteiger partial charge in [-0.2, -0.15) is 0 Å². The van der Waals surface area contributed by atoms with E-state index in [1.807, 2.05) is 0 Å². The Labute approximate surface area is 95.9 Å². The fourth-order valence-corrected chi connectivity index (χ4v) is 0.143. The first-order valence-corrected chi connectivity index (χ1v) is 4.64. The smallest absolute Gasteiger partial charge is 0.478 e. The van der Waals surface area contributed by atoms with Crippen LogP contribution in [0.4, 0.5) is 0 Å². The van der Waals surface area contributed by atoms with E-state index in [1.54, 1.807) is 0 Å². The number of aliphatic carboxylic acids is 3. The lowest BCUT2D eigenvalue weighted by molar-refractivity contribution is -0.134. The second-order valence-electron chi connectivity index (χ2n) is 1.80. The average molecular weight is 269 g/mol. The molecule has 0 saturated carbocycles. The summed E-state index contributed by atoms with van der Waals surface area (Å²) in [6, 6.07) is 0. The van der Waals surface area contributed by atoms with Gasteiger partial charge in [0.25, 0.3) is 0 Å². The number of carboxylic acids is 3. The quantitative estimate of drug-likeness (QED) is 0.337. The van der Waals surface area contributed by atoms with Gasteiger partial charge in [-0.15, -0.1) is 9.79 Å². The first kappa shape index (κ1) is 20.3. The van der Waals surface area contributed by atoms with Gasteiger partial charge in [0.05, 0.1) is 0 Å². The molecule has 96 valence electrons. The van der Waals surface area contributed by atoms with Gasteiger partial charge in [-0.3, -0.25) is 0 Å². The largest absolute Gasteiger partial charge is 0.692 e. The van der Waals surface area contributed by atoms with Gasteiger partial charge in [-0.25, -0.2) is 14.4 Å². The Kier molecular flexibility index (Phi) is 16.6. The summed E-state index contributed by atoms with van der Waals surface area (Å²) in [7, 11) is -2.87. The summed E-state index contributed by atoms with van der Waals surface area (Å²) >= 11 is 0. The van der Waals surface area contributed by atoms with Crippen molar-refractivity contribution in [3.05, 3.63) is 24.8 Å². The summed E-state index contributed by atoms with van der Waals surface area (Å²) in [5, 5.41) is 23.2. The minimum atomic E-state index is -2.87. The Morgan fingerprint density at radius 1 is 0.882 bits per heavy atom. The Hall–Kier alpha value is -2.09. The number of carboxylic acid groups (broad SMARTS) is 3. The summed E-state index contributed by atoms with van der Waals surface area (Å²) in [5.74, 6) is -3.50. The zero-order chi connectivity index (χ0) is 14.4. The maximum absolute atomic E-state index is 9.55. The average Bonchev–Trinajstić information content (AvgIpc) is 2.14. The highest BCUT2D eigenvalue weighted by Crippen LogP contribution is 1.98. The molecule has 0 aromatic heterocycles. The second kappa shape index (κ2) is 13.9. The minimum Gasteiger partial charge on any atom is -0.478 e. The molecule has 0 fully saturated rings. The summed E-state index contributed by atoms with van der Waals surface area (Å²) in [4.78, 5) is 42.6. The Balaban J connectivity index is -0.000000188. The van der Waals surface area contributed by atoms with Crippen LogP contribution >= 0.6 is 8.25 Å². The number of hydrogen-bond acceptors (Lipinski definition) is 4. The molecule has 0 aliphatic rings. The van der Waals surface area contributed by atoms with Crippen LogP contribution < -0.4 is 0 Å². The van der Waals surface area contributed by atoms with Gasteiger partial charge in [0.1, 0.15) is 0 Å². The molecule has 9 nitrogen and oxygen atoms in total. The molecule has 0 radical (unpaired) electrons. The van der Waals surface area contributed by atoms with E-state index in [-0.39, 0.29) is 0 Å². The molecule has 0 spiro atoms. The van der Waals surface area contributed by atoms with Crippen LogP contribution in [0.1, 0.15) is 0 Å². The maximum atomic E-state index is 9.55. The normalized spacial score (nSPS) is 7.88. The molecule has 0 aromatic rings. The van der Waals surface area contributed by atoms with E-state index in [9.17, 15) is 14.4 Å². The Bertz CT molecular complexity index is 299. The zero-order valence-corrected chi connectivity index (χ0v) is 9.15.